The lowest BCUT2D eigenvalue weighted by molar-refractivity contribution is 0.178. The quantitative estimate of drug-likeness (QED) is 0.773. The fourth-order valence-electron chi connectivity index (χ4n) is 1.69. The van der Waals surface area contributed by atoms with E-state index in [1.807, 2.05) is 0 Å². The van der Waals surface area contributed by atoms with Crippen LogP contribution < -0.4 is 0 Å². The lowest BCUT2D eigenvalue weighted by atomic mass is 10.3. The molecule has 0 atom stereocenters. The summed E-state index contributed by atoms with van der Waals surface area (Å²) >= 11 is 0. The zero-order valence-corrected chi connectivity index (χ0v) is 12.2. The number of hydrogen-bond acceptors (Lipinski definition) is 6. The van der Waals surface area contributed by atoms with Crippen molar-refractivity contribution in [2.75, 3.05) is 19.1 Å². The van der Waals surface area contributed by atoms with Crippen molar-refractivity contribution < 1.29 is 13.2 Å². The maximum atomic E-state index is 11.2. The van der Waals surface area contributed by atoms with Crippen LogP contribution in [0.25, 0.3) is 11.4 Å². The van der Waals surface area contributed by atoms with Crippen molar-refractivity contribution in [3.05, 3.63) is 30.6 Å². The number of sulfone groups is 1. The topological polar surface area (TPSA) is 87.0 Å². The van der Waals surface area contributed by atoms with Crippen LogP contribution >= 0.6 is 0 Å². The monoisotopic (exact) mass is 296 g/mol. The Morgan fingerprint density at radius 2 is 1.95 bits per heavy atom. The van der Waals surface area contributed by atoms with Gasteiger partial charge in [0, 0.05) is 44.7 Å². The number of aryl methyl sites for hydroxylation is 1. The van der Waals surface area contributed by atoms with Crippen molar-refractivity contribution in [3.8, 4) is 11.4 Å². The maximum absolute atomic E-state index is 11.2. The molecule has 2 aromatic heterocycles. The number of rotatable bonds is 6. The van der Waals surface area contributed by atoms with Gasteiger partial charge < -0.3 is 9.30 Å². The van der Waals surface area contributed by atoms with E-state index in [4.69, 9.17) is 4.74 Å². The van der Waals surface area contributed by atoms with E-state index in [0.29, 0.717) is 24.8 Å². The van der Waals surface area contributed by atoms with Gasteiger partial charge >= 0.3 is 0 Å². The van der Waals surface area contributed by atoms with Gasteiger partial charge in [0.25, 0.3) is 0 Å². The molecule has 0 aliphatic rings. The van der Waals surface area contributed by atoms with Gasteiger partial charge in [-0.25, -0.2) is 23.4 Å². The fourth-order valence-corrected chi connectivity index (χ4v) is 2.22. The first kappa shape index (κ1) is 14.6. The summed E-state index contributed by atoms with van der Waals surface area (Å²) in [5.41, 5.74) is 0.739. The first-order valence-electron chi connectivity index (χ1n) is 5.98. The number of methoxy groups -OCH3 is 1. The SMILES string of the molecule is COCc1ncc(-c2nccn2CCS(C)(=O)=O)cn1. The lowest BCUT2D eigenvalue weighted by Gasteiger charge is -2.07. The molecule has 0 saturated heterocycles. The summed E-state index contributed by atoms with van der Waals surface area (Å²) in [6.07, 6.45) is 7.89. The first-order valence-corrected chi connectivity index (χ1v) is 8.05. The second-order valence-corrected chi connectivity index (χ2v) is 6.65. The van der Waals surface area contributed by atoms with Crippen LogP contribution in [-0.2, 0) is 27.7 Å². The van der Waals surface area contributed by atoms with E-state index in [1.54, 1.807) is 36.5 Å². The first-order chi connectivity index (χ1) is 9.49. The molecule has 8 heteroatoms. The molecule has 0 saturated carbocycles. The van der Waals surface area contributed by atoms with Gasteiger partial charge in [-0.2, -0.15) is 0 Å². The van der Waals surface area contributed by atoms with Gasteiger partial charge in [-0.15, -0.1) is 0 Å². The highest BCUT2D eigenvalue weighted by atomic mass is 32.2. The van der Waals surface area contributed by atoms with Crippen molar-refractivity contribution in [2.45, 2.75) is 13.2 Å². The van der Waals surface area contributed by atoms with Crippen molar-refractivity contribution >= 4 is 9.84 Å². The normalized spacial score (nSPS) is 11.7. The van der Waals surface area contributed by atoms with Crippen LogP contribution in [0.4, 0.5) is 0 Å². The Bertz CT molecular complexity index is 664. The minimum absolute atomic E-state index is 0.0684. The van der Waals surface area contributed by atoms with E-state index in [0.717, 1.165) is 5.56 Å². The summed E-state index contributed by atoms with van der Waals surface area (Å²) in [4.78, 5) is 12.6. The Labute approximate surface area is 117 Å². The van der Waals surface area contributed by atoms with Crippen LogP contribution in [0, 0.1) is 0 Å². The molecular formula is C12H16N4O3S. The molecular weight excluding hydrogens is 280 g/mol. The molecule has 0 N–H and O–H groups in total. The number of aromatic nitrogens is 4. The minimum Gasteiger partial charge on any atom is -0.377 e. The highest BCUT2D eigenvalue weighted by molar-refractivity contribution is 7.90. The summed E-state index contributed by atoms with van der Waals surface area (Å²) in [6, 6.07) is 0. The van der Waals surface area contributed by atoms with Gasteiger partial charge in [-0.3, -0.25) is 0 Å². The number of ether oxygens (including phenoxy) is 1. The molecule has 0 aliphatic carbocycles. The molecule has 2 rings (SSSR count). The zero-order chi connectivity index (χ0) is 14.6. The Hall–Kier alpha value is -1.80. The standard InChI is InChI=1S/C12H16N4O3S/c1-19-9-11-14-7-10(8-15-11)12-13-3-4-16(12)5-6-20(2,17)18/h3-4,7-8H,5-6,9H2,1-2H3. The largest absolute Gasteiger partial charge is 0.377 e. The van der Waals surface area contributed by atoms with Crippen molar-refractivity contribution in [3.63, 3.8) is 0 Å². The molecule has 0 amide bonds. The molecule has 0 bridgehead atoms. The molecule has 2 aromatic rings. The molecule has 20 heavy (non-hydrogen) atoms. The van der Waals surface area contributed by atoms with Gasteiger partial charge in [0.1, 0.15) is 22.3 Å². The number of hydrogen-bond donors (Lipinski definition) is 0. The van der Waals surface area contributed by atoms with Crippen LogP contribution in [0.3, 0.4) is 0 Å². The van der Waals surface area contributed by atoms with Crippen LogP contribution in [-0.4, -0.2) is 47.1 Å². The molecule has 108 valence electrons. The Balaban J connectivity index is 2.18. The summed E-state index contributed by atoms with van der Waals surface area (Å²) in [5, 5.41) is 0. The lowest BCUT2D eigenvalue weighted by Crippen LogP contribution is -2.11. The Kier molecular flexibility index (Phi) is 4.46. The smallest absolute Gasteiger partial charge is 0.153 e. The third kappa shape index (κ3) is 3.84. The molecule has 0 radical (unpaired) electrons. The summed E-state index contributed by atoms with van der Waals surface area (Å²) < 4.78 is 29.2. The highest BCUT2D eigenvalue weighted by Crippen LogP contribution is 2.15. The molecule has 0 aliphatic heterocycles. The number of nitrogens with zero attached hydrogens (tertiary/aromatic N) is 4. The van der Waals surface area contributed by atoms with Crippen LogP contribution in [0.15, 0.2) is 24.8 Å². The fraction of sp³-hybridized carbons (Fsp3) is 0.417. The average molecular weight is 296 g/mol. The molecule has 7 nitrogen and oxygen atoms in total. The van der Waals surface area contributed by atoms with E-state index in [1.165, 1.54) is 6.26 Å². The van der Waals surface area contributed by atoms with Gasteiger partial charge in [0.2, 0.25) is 0 Å². The third-order valence-electron chi connectivity index (χ3n) is 2.66. The summed E-state index contributed by atoms with van der Waals surface area (Å²) in [5.74, 6) is 1.31. The molecule has 0 fully saturated rings. The van der Waals surface area contributed by atoms with Crippen molar-refractivity contribution in [1.82, 2.24) is 19.5 Å². The summed E-state index contributed by atoms with van der Waals surface area (Å²) in [7, 11) is -1.43. The summed E-state index contributed by atoms with van der Waals surface area (Å²) in [6.45, 7) is 0.705. The molecule has 0 aromatic carbocycles. The van der Waals surface area contributed by atoms with E-state index >= 15 is 0 Å². The van der Waals surface area contributed by atoms with Gasteiger partial charge in [-0.05, 0) is 0 Å². The third-order valence-corrected chi connectivity index (χ3v) is 3.58. The van der Waals surface area contributed by atoms with Crippen LogP contribution in [0.5, 0.6) is 0 Å². The van der Waals surface area contributed by atoms with Gasteiger partial charge in [-0.1, -0.05) is 0 Å². The van der Waals surface area contributed by atoms with E-state index in [2.05, 4.69) is 15.0 Å². The minimum atomic E-state index is -3.01. The van der Waals surface area contributed by atoms with E-state index in [9.17, 15) is 8.42 Å². The molecule has 0 unspecified atom stereocenters. The van der Waals surface area contributed by atoms with Gasteiger partial charge in [0.05, 0.1) is 11.3 Å². The predicted octanol–water partition coefficient (Wildman–Crippen LogP) is 0.531. The van der Waals surface area contributed by atoms with E-state index < -0.39 is 9.84 Å². The molecule has 0 spiro atoms. The zero-order valence-electron chi connectivity index (χ0n) is 11.4. The van der Waals surface area contributed by atoms with Crippen LogP contribution in [0.1, 0.15) is 5.82 Å². The second kappa shape index (κ2) is 6.10. The van der Waals surface area contributed by atoms with Crippen molar-refractivity contribution in [2.24, 2.45) is 0 Å². The van der Waals surface area contributed by atoms with Gasteiger partial charge in [0.15, 0.2) is 5.82 Å². The van der Waals surface area contributed by atoms with Crippen molar-refractivity contribution in [1.29, 1.82) is 0 Å². The highest BCUT2D eigenvalue weighted by Gasteiger charge is 2.09. The Morgan fingerprint density at radius 3 is 2.55 bits per heavy atom. The number of imidazole rings is 1. The predicted molar refractivity (Wildman–Crippen MR) is 73.7 cm³/mol. The second-order valence-electron chi connectivity index (χ2n) is 4.40. The maximum Gasteiger partial charge on any atom is 0.153 e. The average Bonchev–Trinajstić information content (AvgIpc) is 2.85. The Morgan fingerprint density at radius 1 is 1.25 bits per heavy atom. The van der Waals surface area contributed by atoms with Crippen LogP contribution in [0.2, 0.25) is 0 Å². The van der Waals surface area contributed by atoms with E-state index in [-0.39, 0.29) is 5.75 Å². The molecule has 2 heterocycles.